The molecule has 0 bridgehead atoms. The number of hydrogen-bond donors (Lipinski definition) is 0. The van der Waals surface area contributed by atoms with Crippen molar-refractivity contribution in [1.29, 1.82) is 0 Å². The summed E-state index contributed by atoms with van der Waals surface area (Å²) in [5.74, 6) is 1.07. The summed E-state index contributed by atoms with van der Waals surface area (Å²) in [5, 5.41) is 14.2. The lowest BCUT2D eigenvalue weighted by atomic mass is 9.84. The van der Waals surface area contributed by atoms with Gasteiger partial charge in [-0.05, 0) is 227 Å². The molecule has 14 aromatic rings. The average Bonchev–Trinajstić information content (AvgIpc) is 2.26. The van der Waals surface area contributed by atoms with Gasteiger partial charge in [-0.1, -0.05) is 133 Å². The SMILES string of the molecule is Cc1cc(N(c2ccc3c(c2)C2C=CC=CC2O3)c2cc(-c3ccc4ccccc4c3)c3ccc4c(N(c5cc(C)c(C)c(C)c5)c5ccc6oc7ccccc7c6c5)cc(-c5ccc6ccccc6c5)c5ccc2c3c54)cc(C)c1C. The highest BCUT2D eigenvalue weighted by molar-refractivity contribution is 6.32. The second kappa shape index (κ2) is 18.3. The number of anilines is 6. The van der Waals surface area contributed by atoms with Gasteiger partial charge in [0, 0.05) is 66.5 Å². The highest BCUT2D eigenvalue weighted by Gasteiger charge is 2.34. The Morgan fingerprint density at radius 3 is 1.43 bits per heavy atom. The number of rotatable bonds is 8. The van der Waals surface area contributed by atoms with E-state index in [2.05, 4.69) is 282 Å². The van der Waals surface area contributed by atoms with E-state index in [4.69, 9.17) is 9.15 Å². The lowest BCUT2D eigenvalue weighted by molar-refractivity contribution is 0.269. The van der Waals surface area contributed by atoms with Crippen molar-refractivity contribution in [2.75, 3.05) is 9.80 Å². The van der Waals surface area contributed by atoms with Gasteiger partial charge in [-0.15, -0.1) is 0 Å². The van der Waals surface area contributed by atoms with Crippen molar-refractivity contribution in [3.05, 3.63) is 270 Å². The molecule has 13 aromatic carbocycles. The molecule has 4 nitrogen and oxygen atoms in total. The van der Waals surface area contributed by atoms with Gasteiger partial charge in [0.1, 0.15) is 23.0 Å². The number of para-hydroxylation sites is 1. The molecule has 0 fully saturated rings. The van der Waals surface area contributed by atoms with E-state index in [0.29, 0.717) is 0 Å². The molecular weight excluding hydrogens is 997 g/mol. The lowest BCUT2D eigenvalue weighted by Gasteiger charge is -2.32. The Morgan fingerprint density at radius 1 is 0.354 bits per heavy atom. The van der Waals surface area contributed by atoms with E-state index in [-0.39, 0.29) is 12.0 Å². The third-order valence-electron chi connectivity index (χ3n) is 18.4. The molecule has 2 aliphatic rings. The molecule has 2 heterocycles. The number of fused-ring (bicyclic) bond motifs is 8. The van der Waals surface area contributed by atoms with Crippen molar-refractivity contribution in [3.63, 3.8) is 0 Å². The normalized spacial score (nSPS) is 14.7. The van der Waals surface area contributed by atoms with E-state index >= 15 is 0 Å². The molecule has 16 rings (SSSR count). The van der Waals surface area contributed by atoms with Crippen LogP contribution in [0.15, 0.2) is 235 Å². The first kappa shape index (κ1) is 48.0. The van der Waals surface area contributed by atoms with Gasteiger partial charge in [0.2, 0.25) is 0 Å². The van der Waals surface area contributed by atoms with Crippen molar-refractivity contribution < 1.29 is 9.15 Å². The highest BCUT2D eigenvalue weighted by Crippen LogP contribution is 2.54. The van der Waals surface area contributed by atoms with E-state index in [9.17, 15) is 0 Å². The molecule has 0 N–H and O–H groups in total. The van der Waals surface area contributed by atoms with Crippen LogP contribution in [-0.2, 0) is 0 Å². The van der Waals surface area contributed by atoms with Crippen LogP contribution < -0.4 is 14.5 Å². The number of ether oxygens (including phenoxy) is 1. The number of benzene rings is 13. The summed E-state index contributed by atoms with van der Waals surface area (Å²) < 4.78 is 13.1. The zero-order valence-electron chi connectivity index (χ0n) is 46.8. The Balaban J connectivity index is 1.06. The second-order valence-electron chi connectivity index (χ2n) is 23.0. The van der Waals surface area contributed by atoms with Gasteiger partial charge < -0.3 is 19.0 Å². The molecule has 2 unspecified atom stereocenters. The quantitative estimate of drug-likeness (QED) is 0.142. The fraction of sp³-hybridized carbons (Fsp3) is 0.103. The molecule has 0 saturated carbocycles. The third kappa shape index (κ3) is 7.44. The van der Waals surface area contributed by atoms with Crippen molar-refractivity contribution in [2.45, 2.75) is 53.6 Å². The zero-order valence-corrected chi connectivity index (χ0v) is 46.8. The molecule has 2 atom stereocenters. The zero-order chi connectivity index (χ0) is 55.1. The van der Waals surface area contributed by atoms with E-state index in [0.717, 1.165) is 67.4 Å². The van der Waals surface area contributed by atoms with Crippen LogP contribution >= 0.6 is 0 Å². The van der Waals surface area contributed by atoms with Gasteiger partial charge in [0.25, 0.3) is 0 Å². The molecule has 392 valence electrons. The fourth-order valence-electron chi connectivity index (χ4n) is 13.7. The summed E-state index contributed by atoms with van der Waals surface area (Å²) in [6, 6.07) is 77.5. The fourth-order valence-corrected chi connectivity index (χ4v) is 13.7. The van der Waals surface area contributed by atoms with Gasteiger partial charge in [-0.2, -0.15) is 0 Å². The van der Waals surface area contributed by atoms with Crippen LogP contribution in [0.2, 0.25) is 0 Å². The van der Waals surface area contributed by atoms with Crippen LogP contribution in [-0.4, -0.2) is 6.10 Å². The minimum absolute atomic E-state index is 0.0270. The highest BCUT2D eigenvalue weighted by atomic mass is 16.5. The number of furan rings is 1. The smallest absolute Gasteiger partial charge is 0.135 e. The Morgan fingerprint density at radius 2 is 0.841 bits per heavy atom. The maximum Gasteiger partial charge on any atom is 0.135 e. The molecular formula is C78H58N2O2. The van der Waals surface area contributed by atoms with Crippen molar-refractivity contribution in [2.24, 2.45) is 0 Å². The second-order valence-corrected chi connectivity index (χ2v) is 23.0. The molecule has 0 spiro atoms. The van der Waals surface area contributed by atoms with Crippen LogP contribution in [0.4, 0.5) is 34.1 Å². The monoisotopic (exact) mass is 1050 g/mol. The first-order chi connectivity index (χ1) is 40.1. The van der Waals surface area contributed by atoms with Crippen LogP contribution in [0.5, 0.6) is 5.75 Å². The van der Waals surface area contributed by atoms with Crippen LogP contribution in [0.25, 0.3) is 98.1 Å². The first-order valence-electron chi connectivity index (χ1n) is 28.7. The van der Waals surface area contributed by atoms with Gasteiger partial charge >= 0.3 is 0 Å². The molecule has 82 heavy (non-hydrogen) atoms. The standard InChI is InChI=1S/C78H58N2O2/c1-45-35-59(36-46(2)49(45)5)79(57-27-33-75-69(41-57)61-19-11-13-21-73(61)81-75)71-43-67(55-25-23-51-15-7-9-17-53(51)39-55)63-30-32-66-72(44-68(64-29-31-65(71)77(63)78(64)66)56-26-24-52-16-8-10-18-54(52)40-56)80(60-37-47(3)50(6)48(4)38-60)58-28-34-76-70(42-58)62-20-12-14-22-74(62)82-76/h7-44,61,73H,1-6H3. The summed E-state index contributed by atoms with van der Waals surface area (Å²) in [6.07, 6.45) is 8.72. The molecule has 1 aliphatic carbocycles. The first-order valence-corrected chi connectivity index (χ1v) is 28.7. The number of hydrogen-bond acceptors (Lipinski definition) is 4. The van der Waals surface area contributed by atoms with Crippen molar-refractivity contribution in [1.82, 2.24) is 0 Å². The van der Waals surface area contributed by atoms with Gasteiger partial charge in [-0.3, -0.25) is 0 Å². The van der Waals surface area contributed by atoms with Gasteiger partial charge in [0.05, 0.1) is 11.4 Å². The van der Waals surface area contributed by atoms with Crippen molar-refractivity contribution >= 4 is 110 Å². The van der Waals surface area contributed by atoms with Crippen LogP contribution in [0, 0.1) is 41.5 Å². The molecule has 0 radical (unpaired) electrons. The van der Waals surface area contributed by atoms with E-state index < -0.39 is 0 Å². The molecule has 0 amide bonds. The largest absolute Gasteiger partial charge is 0.485 e. The topological polar surface area (TPSA) is 28.9 Å². The lowest BCUT2D eigenvalue weighted by Crippen LogP contribution is -2.15. The number of aryl methyl sites for hydroxylation is 4. The molecule has 1 aromatic heterocycles. The summed E-state index contributed by atoms with van der Waals surface area (Å²) >= 11 is 0. The summed E-state index contributed by atoms with van der Waals surface area (Å²) in [6.45, 7) is 13.5. The predicted molar refractivity (Wildman–Crippen MR) is 347 cm³/mol. The van der Waals surface area contributed by atoms with E-state index in [1.54, 1.807) is 0 Å². The molecule has 0 saturated heterocycles. The summed E-state index contributed by atoms with van der Waals surface area (Å²) in [4.78, 5) is 5.05. The number of allylic oxidation sites excluding steroid dienone is 2. The van der Waals surface area contributed by atoms with Crippen molar-refractivity contribution in [3.8, 4) is 28.0 Å². The molecule has 1 aliphatic heterocycles. The van der Waals surface area contributed by atoms with Gasteiger partial charge in [-0.25, -0.2) is 0 Å². The van der Waals surface area contributed by atoms with Gasteiger partial charge in [0.15, 0.2) is 0 Å². The third-order valence-corrected chi connectivity index (χ3v) is 18.4. The van der Waals surface area contributed by atoms with E-state index in [1.807, 2.05) is 0 Å². The summed E-state index contributed by atoms with van der Waals surface area (Å²) in [5.41, 5.74) is 21.8. The van der Waals surface area contributed by atoms with E-state index in [1.165, 1.54) is 109 Å². The predicted octanol–water partition coefficient (Wildman–Crippen LogP) is 21.9. The minimum Gasteiger partial charge on any atom is -0.485 e. The summed E-state index contributed by atoms with van der Waals surface area (Å²) in [7, 11) is 0. The Labute approximate surface area is 477 Å². The Kier molecular flexibility index (Phi) is 10.7. The Bertz CT molecular complexity index is 5030. The maximum absolute atomic E-state index is 6.63. The average molecular weight is 1060 g/mol. The van der Waals surface area contributed by atoms with Crippen LogP contribution in [0.3, 0.4) is 0 Å². The molecule has 4 heteroatoms. The number of nitrogens with zero attached hydrogens (tertiary/aromatic N) is 2. The minimum atomic E-state index is -0.0270. The van der Waals surface area contributed by atoms with Crippen LogP contribution in [0.1, 0.15) is 44.9 Å². The Hall–Kier alpha value is -9.90. The maximum atomic E-state index is 6.63.